The normalized spacial score (nSPS) is 12.3. The molecule has 0 saturated carbocycles. The van der Waals surface area contributed by atoms with Crippen LogP contribution in [0.1, 0.15) is 36.6 Å². The smallest absolute Gasteiger partial charge is 0.125 e. The van der Waals surface area contributed by atoms with E-state index in [1.807, 2.05) is 26.0 Å². The lowest BCUT2D eigenvalue weighted by molar-refractivity contribution is 0.192. The molecule has 1 rings (SSSR count). The van der Waals surface area contributed by atoms with Crippen LogP contribution in [0.3, 0.4) is 0 Å². The lowest BCUT2D eigenvalue weighted by Crippen LogP contribution is -2.01. The van der Waals surface area contributed by atoms with Gasteiger partial charge in [-0.2, -0.15) is 0 Å². The predicted molar refractivity (Wildman–Crippen MR) is 63.1 cm³/mol. The summed E-state index contributed by atoms with van der Waals surface area (Å²) in [7, 11) is 0. The quantitative estimate of drug-likeness (QED) is 0.820. The van der Waals surface area contributed by atoms with Crippen molar-refractivity contribution in [2.24, 2.45) is 0 Å². The Morgan fingerprint density at radius 1 is 1.53 bits per heavy atom. The van der Waals surface area contributed by atoms with Gasteiger partial charge in [0.2, 0.25) is 0 Å². The highest BCUT2D eigenvalue weighted by molar-refractivity contribution is 5.57. The van der Waals surface area contributed by atoms with Gasteiger partial charge in [-0.15, -0.1) is 0 Å². The van der Waals surface area contributed by atoms with E-state index >= 15 is 0 Å². The lowest BCUT2D eigenvalue weighted by Gasteiger charge is -2.15. The molecule has 1 N–H and O–H groups in total. The van der Waals surface area contributed by atoms with E-state index in [0.29, 0.717) is 6.61 Å². The van der Waals surface area contributed by atoms with Crippen LogP contribution in [0.2, 0.25) is 0 Å². The summed E-state index contributed by atoms with van der Waals surface area (Å²) in [5, 5.41) is 9.61. The standard InChI is InChI=1S/C13H18O2/c1-5-11-8-13(15-6-2)12(10(4)14)7-9(11)3/h5,7-8,10,14H,1,6H2,2-4H3. The van der Waals surface area contributed by atoms with Gasteiger partial charge in [-0.25, -0.2) is 0 Å². The minimum Gasteiger partial charge on any atom is -0.493 e. The molecule has 1 aromatic rings. The number of benzene rings is 1. The minimum absolute atomic E-state index is 0.510. The van der Waals surface area contributed by atoms with Gasteiger partial charge in [0, 0.05) is 5.56 Å². The molecule has 0 amide bonds. The Bertz CT molecular complexity index is 354. The van der Waals surface area contributed by atoms with E-state index in [9.17, 15) is 5.11 Å². The molecular weight excluding hydrogens is 188 g/mol. The molecule has 0 heterocycles. The van der Waals surface area contributed by atoms with Crippen molar-refractivity contribution in [2.45, 2.75) is 26.9 Å². The van der Waals surface area contributed by atoms with E-state index in [0.717, 1.165) is 22.4 Å². The molecule has 15 heavy (non-hydrogen) atoms. The highest BCUT2D eigenvalue weighted by atomic mass is 16.5. The van der Waals surface area contributed by atoms with Crippen LogP contribution < -0.4 is 4.74 Å². The average molecular weight is 206 g/mol. The molecule has 0 bridgehead atoms. The van der Waals surface area contributed by atoms with Crippen LogP contribution in [0.15, 0.2) is 18.7 Å². The highest BCUT2D eigenvalue weighted by Gasteiger charge is 2.11. The third kappa shape index (κ3) is 2.60. The summed E-state index contributed by atoms with van der Waals surface area (Å²) < 4.78 is 5.49. The average Bonchev–Trinajstić information content (AvgIpc) is 2.20. The maximum absolute atomic E-state index is 9.61. The Hall–Kier alpha value is -1.28. The molecule has 1 aromatic carbocycles. The summed E-state index contributed by atoms with van der Waals surface area (Å²) >= 11 is 0. The van der Waals surface area contributed by atoms with Crippen molar-refractivity contribution < 1.29 is 9.84 Å². The van der Waals surface area contributed by atoms with E-state index in [2.05, 4.69) is 6.58 Å². The molecule has 0 radical (unpaired) electrons. The van der Waals surface area contributed by atoms with Gasteiger partial charge < -0.3 is 9.84 Å². The predicted octanol–water partition coefficient (Wildman–Crippen LogP) is 3.09. The third-order valence-electron chi connectivity index (χ3n) is 2.37. The monoisotopic (exact) mass is 206 g/mol. The molecule has 0 saturated heterocycles. The number of ether oxygens (including phenoxy) is 1. The summed E-state index contributed by atoms with van der Waals surface area (Å²) in [6.07, 6.45) is 1.29. The van der Waals surface area contributed by atoms with Crippen LogP contribution in [-0.2, 0) is 0 Å². The van der Waals surface area contributed by atoms with Gasteiger partial charge in [-0.05, 0) is 44.0 Å². The second-order valence-corrected chi connectivity index (χ2v) is 3.56. The Morgan fingerprint density at radius 3 is 2.67 bits per heavy atom. The van der Waals surface area contributed by atoms with Gasteiger partial charge in [-0.3, -0.25) is 0 Å². The Balaban J connectivity index is 3.25. The fourth-order valence-electron chi connectivity index (χ4n) is 1.55. The Kier molecular flexibility index (Phi) is 3.92. The molecule has 0 fully saturated rings. The third-order valence-corrected chi connectivity index (χ3v) is 2.37. The van der Waals surface area contributed by atoms with Gasteiger partial charge in [0.15, 0.2) is 0 Å². The van der Waals surface area contributed by atoms with Crippen LogP contribution in [0, 0.1) is 6.92 Å². The number of hydrogen-bond donors (Lipinski definition) is 1. The molecule has 0 aliphatic rings. The molecule has 0 spiro atoms. The van der Waals surface area contributed by atoms with E-state index in [1.165, 1.54) is 0 Å². The molecular formula is C13H18O2. The largest absolute Gasteiger partial charge is 0.493 e. The van der Waals surface area contributed by atoms with Crippen molar-refractivity contribution in [2.75, 3.05) is 6.61 Å². The number of aryl methyl sites for hydroxylation is 1. The zero-order valence-corrected chi connectivity index (χ0v) is 9.58. The Labute approximate surface area is 91.2 Å². The van der Waals surface area contributed by atoms with Gasteiger partial charge in [-0.1, -0.05) is 12.7 Å². The van der Waals surface area contributed by atoms with Gasteiger partial charge in [0.25, 0.3) is 0 Å². The lowest BCUT2D eigenvalue weighted by atomic mass is 10.0. The first-order valence-electron chi connectivity index (χ1n) is 5.18. The highest BCUT2D eigenvalue weighted by Crippen LogP contribution is 2.29. The van der Waals surface area contributed by atoms with Crippen LogP contribution in [-0.4, -0.2) is 11.7 Å². The Morgan fingerprint density at radius 2 is 2.20 bits per heavy atom. The molecule has 82 valence electrons. The van der Waals surface area contributed by atoms with Crippen molar-refractivity contribution >= 4 is 6.08 Å². The van der Waals surface area contributed by atoms with Gasteiger partial charge in [0.05, 0.1) is 12.7 Å². The van der Waals surface area contributed by atoms with E-state index < -0.39 is 6.10 Å². The molecule has 2 nitrogen and oxygen atoms in total. The summed E-state index contributed by atoms with van der Waals surface area (Å²) in [4.78, 5) is 0. The molecule has 1 atom stereocenters. The number of aliphatic hydroxyl groups is 1. The topological polar surface area (TPSA) is 29.5 Å². The van der Waals surface area contributed by atoms with E-state index in [1.54, 1.807) is 13.0 Å². The zero-order chi connectivity index (χ0) is 11.4. The molecule has 2 heteroatoms. The fourth-order valence-corrected chi connectivity index (χ4v) is 1.55. The van der Waals surface area contributed by atoms with Crippen molar-refractivity contribution in [3.8, 4) is 5.75 Å². The maximum atomic E-state index is 9.61. The second kappa shape index (κ2) is 4.99. The second-order valence-electron chi connectivity index (χ2n) is 3.56. The first-order chi connectivity index (χ1) is 7.10. The minimum atomic E-state index is -0.510. The van der Waals surface area contributed by atoms with Crippen LogP contribution in [0.4, 0.5) is 0 Å². The summed E-state index contributed by atoms with van der Waals surface area (Å²) in [5.41, 5.74) is 2.98. The summed E-state index contributed by atoms with van der Waals surface area (Å²) in [6.45, 7) is 10.0. The molecule has 1 unspecified atom stereocenters. The van der Waals surface area contributed by atoms with Crippen LogP contribution >= 0.6 is 0 Å². The molecule has 0 aromatic heterocycles. The number of rotatable bonds is 4. The van der Waals surface area contributed by atoms with Crippen LogP contribution in [0.5, 0.6) is 5.75 Å². The zero-order valence-electron chi connectivity index (χ0n) is 9.58. The van der Waals surface area contributed by atoms with E-state index in [4.69, 9.17) is 4.74 Å². The fraction of sp³-hybridized carbons (Fsp3) is 0.385. The SMILES string of the molecule is C=Cc1cc(OCC)c(C(C)O)cc1C. The van der Waals surface area contributed by atoms with Crippen molar-refractivity contribution in [1.29, 1.82) is 0 Å². The van der Waals surface area contributed by atoms with Crippen molar-refractivity contribution in [1.82, 2.24) is 0 Å². The van der Waals surface area contributed by atoms with Gasteiger partial charge >= 0.3 is 0 Å². The van der Waals surface area contributed by atoms with E-state index in [-0.39, 0.29) is 0 Å². The van der Waals surface area contributed by atoms with Crippen molar-refractivity contribution in [3.63, 3.8) is 0 Å². The first kappa shape index (κ1) is 11.8. The van der Waals surface area contributed by atoms with Gasteiger partial charge in [0.1, 0.15) is 5.75 Å². The van der Waals surface area contributed by atoms with Crippen LogP contribution in [0.25, 0.3) is 6.08 Å². The summed E-state index contributed by atoms with van der Waals surface area (Å²) in [6, 6.07) is 3.88. The number of aliphatic hydroxyl groups excluding tert-OH is 1. The maximum Gasteiger partial charge on any atom is 0.125 e. The first-order valence-corrected chi connectivity index (χ1v) is 5.18. The number of hydrogen-bond acceptors (Lipinski definition) is 2. The van der Waals surface area contributed by atoms with Crippen molar-refractivity contribution in [3.05, 3.63) is 35.4 Å². The molecule has 0 aliphatic heterocycles. The summed E-state index contributed by atoms with van der Waals surface area (Å²) in [5.74, 6) is 0.744. The molecule has 0 aliphatic carbocycles.